The summed E-state index contributed by atoms with van der Waals surface area (Å²) in [5, 5.41) is 10.3. The van der Waals surface area contributed by atoms with Crippen molar-refractivity contribution in [3.05, 3.63) is 93.8 Å². The Labute approximate surface area is 189 Å². The van der Waals surface area contributed by atoms with Crippen LogP contribution in [0.1, 0.15) is 16.7 Å². The van der Waals surface area contributed by atoms with Gasteiger partial charge in [-0.25, -0.2) is 4.57 Å². The van der Waals surface area contributed by atoms with Gasteiger partial charge in [0.1, 0.15) is 5.75 Å². The van der Waals surface area contributed by atoms with E-state index in [4.69, 9.17) is 4.74 Å². The Morgan fingerprint density at radius 2 is 1.75 bits per heavy atom. The molecular weight excluding hydrogens is 420 g/mol. The van der Waals surface area contributed by atoms with Crippen LogP contribution in [0.15, 0.2) is 76.7 Å². The molecule has 2 aromatic heterocycles. The Bertz CT molecular complexity index is 1500. The fourth-order valence-corrected chi connectivity index (χ4v) is 4.84. The minimum atomic E-state index is -0.128. The summed E-state index contributed by atoms with van der Waals surface area (Å²) in [5.74, 6) is 1.98. The van der Waals surface area contributed by atoms with Gasteiger partial charge in [0, 0.05) is 5.75 Å². The van der Waals surface area contributed by atoms with E-state index in [2.05, 4.69) is 42.2 Å². The molecule has 0 aliphatic heterocycles. The standard InChI is InChI=1S/C25H22N4O2S/c1-16-8-9-17(2)18(14-16)15-32-25-27-26-24-28(19-10-12-20(31-3)13-11-19)23(30)21-6-4-5-7-22(21)29(24)25/h4-14H,15H2,1-3H3. The molecule has 2 heterocycles. The quantitative estimate of drug-likeness (QED) is 0.360. The van der Waals surface area contributed by atoms with Crippen LogP contribution in [0, 0.1) is 13.8 Å². The lowest BCUT2D eigenvalue weighted by Gasteiger charge is -2.12. The Balaban J connectivity index is 1.68. The predicted molar refractivity (Wildman–Crippen MR) is 128 cm³/mol. The second kappa shape index (κ2) is 8.16. The van der Waals surface area contributed by atoms with Crippen molar-refractivity contribution >= 4 is 28.4 Å². The second-order valence-electron chi connectivity index (χ2n) is 7.69. The average Bonchev–Trinajstić information content (AvgIpc) is 3.24. The van der Waals surface area contributed by atoms with Crippen LogP contribution in [0.4, 0.5) is 0 Å². The molecule has 0 N–H and O–H groups in total. The minimum Gasteiger partial charge on any atom is -0.497 e. The fourth-order valence-electron chi connectivity index (χ4n) is 3.83. The molecule has 0 unspecified atom stereocenters. The number of benzene rings is 3. The van der Waals surface area contributed by atoms with Gasteiger partial charge in [-0.05, 0) is 61.4 Å². The monoisotopic (exact) mass is 442 g/mol. The summed E-state index contributed by atoms with van der Waals surface area (Å²) in [6, 6.07) is 21.4. The molecule has 160 valence electrons. The van der Waals surface area contributed by atoms with E-state index in [1.807, 2.05) is 52.9 Å². The van der Waals surface area contributed by atoms with Gasteiger partial charge in [-0.15, -0.1) is 10.2 Å². The number of ether oxygens (including phenoxy) is 1. The summed E-state index contributed by atoms with van der Waals surface area (Å²) in [6.45, 7) is 4.22. The molecule has 0 radical (unpaired) electrons. The zero-order chi connectivity index (χ0) is 22.2. The maximum absolute atomic E-state index is 13.4. The molecule has 0 saturated heterocycles. The van der Waals surface area contributed by atoms with Crippen LogP contribution in [-0.4, -0.2) is 26.3 Å². The van der Waals surface area contributed by atoms with Gasteiger partial charge in [0.05, 0.1) is 23.7 Å². The maximum Gasteiger partial charge on any atom is 0.267 e. The van der Waals surface area contributed by atoms with Crippen LogP contribution < -0.4 is 10.3 Å². The maximum atomic E-state index is 13.4. The van der Waals surface area contributed by atoms with Crippen LogP contribution in [-0.2, 0) is 5.75 Å². The molecule has 0 spiro atoms. The van der Waals surface area contributed by atoms with E-state index in [1.54, 1.807) is 23.4 Å². The highest BCUT2D eigenvalue weighted by Gasteiger charge is 2.18. The van der Waals surface area contributed by atoms with E-state index >= 15 is 0 Å². The lowest BCUT2D eigenvalue weighted by Crippen LogP contribution is -2.21. The summed E-state index contributed by atoms with van der Waals surface area (Å²) >= 11 is 1.62. The average molecular weight is 443 g/mol. The van der Waals surface area contributed by atoms with E-state index in [1.165, 1.54) is 16.7 Å². The third-order valence-electron chi connectivity index (χ3n) is 5.59. The van der Waals surface area contributed by atoms with E-state index in [0.29, 0.717) is 16.9 Å². The molecule has 0 aliphatic rings. The van der Waals surface area contributed by atoms with E-state index in [9.17, 15) is 4.79 Å². The number of hydrogen-bond donors (Lipinski definition) is 0. The highest BCUT2D eigenvalue weighted by atomic mass is 32.2. The highest BCUT2D eigenvalue weighted by Crippen LogP contribution is 2.27. The van der Waals surface area contributed by atoms with Crippen LogP contribution in [0.25, 0.3) is 22.4 Å². The van der Waals surface area contributed by atoms with Crippen molar-refractivity contribution in [3.8, 4) is 11.4 Å². The first-order valence-corrected chi connectivity index (χ1v) is 11.3. The molecule has 0 atom stereocenters. The summed E-state index contributed by atoms with van der Waals surface area (Å²) in [7, 11) is 1.62. The van der Waals surface area contributed by atoms with E-state index in [0.717, 1.165) is 22.2 Å². The Kier molecular flexibility index (Phi) is 5.19. The van der Waals surface area contributed by atoms with Crippen LogP contribution in [0.3, 0.4) is 0 Å². The summed E-state index contributed by atoms with van der Waals surface area (Å²) in [4.78, 5) is 13.4. The van der Waals surface area contributed by atoms with Crippen molar-refractivity contribution in [2.75, 3.05) is 7.11 Å². The van der Waals surface area contributed by atoms with Gasteiger partial charge in [0.25, 0.3) is 5.56 Å². The van der Waals surface area contributed by atoms with Crippen LogP contribution in [0.5, 0.6) is 5.75 Å². The normalized spacial score (nSPS) is 11.3. The number of aromatic nitrogens is 4. The SMILES string of the molecule is COc1ccc(-n2c(=O)c3ccccc3n3c(SCc4cc(C)ccc4C)nnc23)cc1. The molecular formula is C25H22N4O2S. The van der Waals surface area contributed by atoms with Crippen molar-refractivity contribution in [1.29, 1.82) is 0 Å². The number of thioether (sulfide) groups is 1. The summed E-state index contributed by atoms with van der Waals surface area (Å²) in [6.07, 6.45) is 0. The van der Waals surface area contributed by atoms with Gasteiger partial charge >= 0.3 is 0 Å². The van der Waals surface area contributed by atoms with Gasteiger partial charge in [-0.2, -0.15) is 0 Å². The lowest BCUT2D eigenvalue weighted by atomic mass is 10.1. The van der Waals surface area contributed by atoms with Crippen molar-refractivity contribution in [3.63, 3.8) is 0 Å². The third-order valence-corrected chi connectivity index (χ3v) is 6.56. The Morgan fingerprint density at radius 1 is 0.969 bits per heavy atom. The first-order valence-electron chi connectivity index (χ1n) is 10.3. The molecule has 5 aromatic rings. The van der Waals surface area contributed by atoms with Crippen LogP contribution in [0.2, 0.25) is 0 Å². The van der Waals surface area contributed by atoms with E-state index in [-0.39, 0.29) is 5.56 Å². The van der Waals surface area contributed by atoms with Crippen molar-refractivity contribution in [1.82, 2.24) is 19.2 Å². The first kappa shape index (κ1) is 20.3. The number of rotatable bonds is 5. The molecule has 0 saturated carbocycles. The molecule has 7 heteroatoms. The largest absolute Gasteiger partial charge is 0.497 e. The zero-order valence-corrected chi connectivity index (χ0v) is 18.9. The first-order chi connectivity index (χ1) is 15.6. The molecule has 3 aromatic carbocycles. The molecule has 32 heavy (non-hydrogen) atoms. The number of aryl methyl sites for hydroxylation is 2. The zero-order valence-electron chi connectivity index (χ0n) is 18.1. The fraction of sp³-hybridized carbons (Fsp3) is 0.160. The highest BCUT2D eigenvalue weighted by molar-refractivity contribution is 7.98. The van der Waals surface area contributed by atoms with Crippen molar-refractivity contribution in [2.45, 2.75) is 24.8 Å². The number of para-hydroxylation sites is 1. The number of hydrogen-bond acceptors (Lipinski definition) is 5. The summed E-state index contributed by atoms with van der Waals surface area (Å²) in [5.41, 5.74) is 5.13. The molecule has 6 nitrogen and oxygen atoms in total. The molecule has 0 amide bonds. The topological polar surface area (TPSA) is 61.4 Å². The van der Waals surface area contributed by atoms with Crippen molar-refractivity contribution < 1.29 is 4.74 Å². The Hall–Kier alpha value is -3.58. The minimum absolute atomic E-state index is 0.128. The van der Waals surface area contributed by atoms with Gasteiger partial charge in [0.2, 0.25) is 5.78 Å². The smallest absolute Gasteiger partial charge is 0.267 e. The third kappa shape index (κ3) is 3.44. The molecule has 5 rings (SSSR count). The van der Waals surface area contributed by atoms with Gasteiger partial charge in [0.15, 0.2) is 5.16 Å². The van der Waals surface area contributed by atoms with Gasteiger partial charge in [-0.1, -0.05) is 47.7 Å². The molecule has 0 aliphatic carbocycles. The Morgan fingerprint density at radius 3 is 2.53 bits per heavy atom. The van der Waals surface area contributed by atoms with Gasteiger partial charge in [-0.3, -0.25) is 9.20 Å². The van der Waals surface area contributed by atoms with Crippen LogP contribution >= 0.6 is 11.8 Å². The lowest BCUT2D eigenvalue weighted by molar-refractivity contribution is 0.414. The number of methoxy groups -OCH3 is 1. The number of nitrogens with zero attached hydrogens (tertiary/aromatic N) is 4. The number of fused-ring (bicyclic) bond motifs is 3. The van der Waals surface area contributed by atoms with Gasteiger partial charge < -0.3 is 4.74 Å². The van der Waals surface area contributed by atoms with Crippen molar-refractivity contribution in [2.24, 2.45) is 0 Å². The molecule has 0 fully saturated rings. The predicted octanol–water partition coefficient (Wildman–Crippen LogP) is 4.95. The second-order valence-corrected chi connectivity index (χ2v) is 8.63. The molecule has 0 bridgehead atoms. The summed E-state index contributed by atoms with van der Waals surface area (Å²) < 4.78 is 8.84. The van der Waals surface area contributed by atoms with E-state index < -0.39 is 0 Å².